The Bertz CT molecular complexity index is 404. The van der Waals surface area contributed by atoms with Crippen LogP contribution in [0.15, 0.2) is 18.2 Å². The molecular weight excluding hydrogens is 243 g/mol. The van der Waals surface area contributed by atoms with E-state index < -0.39 is 24.8 Å². The summed E-state index contributed by atoms with van der Waals surface area (Å²) in [4.78, 5) is 11.4. The second kappa shape index (κ2) is 4.74. The average Bonchev–Trinajstić information content (AvgIpc) is 2.17. The standard InChI is InChI=1S/C10H9ClF3NO/c11-8-2-1-6(15)5-7(8)9(16)3-4-10(12,13)14/h1-2,5H,3-4,15H2. The van der Waals surface area contributed by atoms with Crippen LogP contribution in [0.4, 0.5) is 18.9 Å². The summed E-state index contributed by atoms with van der Waals surface area (Å²) in [6.45, 7) is 0. The first-order valence-electron chi connectivity index (χ1n) is 4.44. The number of anilines is 1. The minimum absolute atomic E-state index is 0.0333. The molecule has 2 N–H and O–H groups in total. The Morgan fingerprint density at radius 1 is 1.38 bits per heavy atom. The molecule has 0 saturated heterocycles. The van der Waals surface area contributed by atoms with E-state index in [0.717, 1.165) is 0 Å². The number of hydrogen-bond acceptors (Lipinski definition) is 2. The molecule has 1 rings (SSSR count). The smallest absolute Gasteiger partial charge is 0.389 e. The van der Waals surface area contributed by atoms with Crippen LogP contribution in [0.3, 0.4) is 0 Å². The molecule has 88 valence electrons. The number of carbonyl (C=O) groups is 1. The molecule has 0 heterocycles. The van der Waals surface area contributed by atoms with E-state index in [1.54, 1.807) is 0 Å². The van der Waals surface area contributed by atoms with Gasteiger partial charge in [0.1, 0.15) is 0 Å². The van der Waals surface area contributed by atoms with Crippen LogP contribution in [0.25, 0.3) is 0 Å². The summed E-state index contributed by atoms with van der Waals surface area (Å²) in [6.07, 6.45) is -6.12. The van der Waals surface area contributed by atoms with Crippen molar-refractivity contribution in [2.45, 2.75) is 19.0 Å². The number of nitrogens with two attached hydrogens (primary N) is 1. The van der Waals surface area contributed by atoms with Gasteiger partial charge in [-0.1, -0.05) is 11.6 Å². The van der Waals surface area contributed by atoms with Crippen molar-refractivity contribution in [1.29, 1.82) is 0 Å². The molecule has 0 aromatic heterocycles. The van der Waals surface area contributed by atoms with Crippen molar-refractivity contribution in [1.82, 2.24) is 0 Å². The van der Waals surface area contributed by atoms with Gasteiger partial charge in [0.15, 0.2) is 5.78 Å². The van der Waals surface area contributed by atoms with E-state index in [-0.39, 0.29) is 10.6 Å². The molecule has 0 aliphatic rings. The summed E-state index contributed by atoms with van der Waals surface area (Å²) < 4.78 is 35.7. The number of nitrogen functional groups attached to an aromatic ring is 1. The highest BCUT2D eigenvalue weighted by atomic mass is 35.5. The molecule has 0 bridgehead atoms. The van der Waals surface area contributed by atoms with Crippen molar-refractivity contribution in [3.63, 3.8) is 0 Å². The molecule has 1 aromatic carbocycles. The Labute approximate surface area is 95.2 Å². The van der Waals surface area contributed by atoms with Crippen LogP contribution in [-0.4, -0.2) is 12.0 Å². The van der Waals surface area contributed by atoms with Crippen LogP contribution in [0, 0.1) is 0 Å². The molecule has 0 unspecified atom stereocenters. The normalized spacial score (nSPS) is 11.5. The lowest BCUT2D eigenvalue weighted by Gasteiger charge is -2.07. The topological polar surface area (TPSA) is 43.1 Å². The highest BCUT2D eigenvalue weighted by Crippen LogP contribution is 2.25. The third-order valence-corrected chi connectivity index (χ3v) is 2.26. The summed E-state index contributed by atoms with van der Waals surface area (Å²) in [5, 5.41) is 0.112. The Morgan fingerprint density at radius 2 is 2.00 bits per heavy atom. The van der Waals surface area contributed by atoms with Crippen molar-refractivity contribution in [2.24, 2.45) is 0 Å². The zero-order valence-corrected chi connectivity index (χ0v) is 8.90. The molecule has 0 saturated carbocycles. The average molecular weight is 252 g/mol. The summed E-state index contributed by atoms with van der Waals surface area (Å²) in [5.41, 5.74) is 5.74. The number of Topliss-reactive ketones (excluding diaryl/α,β-unsaturated/α-hetero) is 1. The lowest BCUT2D eigenvalue weighted by atomic mass is 10.1. The number of alkyl halides is 3. The van der Waals surface area contributed by atoms with Gasteiger partial charge in [0.2, 0.25) is 0 Å². The maximum absolute atomic E-state index is 11.9. The molecule has 0 spiro atoms. The summed E-state index contributed by atoms with van der Waals surface area (Å²) in [5.74, 6) is -0.658. The van der Waals surface area contributed by atoms with Crippen molar-refractivity contribution in [3.8, 4) is 0 Å². The van der Waals surface area contributed by atoms with E-state index in [2.05, 4.69) is 0 Å². The van der Waals surface area contributed by atoms with Crippen molar-refractivity contribution >= 4 is 23.1 Å². The highest BCUT2D eigenvalue weighted by Gasteiger charge is 2.28. The van der Waals surface area contributed by atoms with E-state index in [1.807, 2.05) is 0 Å². The number of benzene rings is 1. The van der Waals surface area contributed by atoms with E-state index in [9.17, 15) is 18.0 Å². The fraction of sp³-hybridized carbons (Fsp3) is 0.300. The quantitative estimate of drug-likeness (QED) is 0.660. The van der Waals surface area contributed by atoms with Gasteiger partial charge in [-0.05, 0) is 18.2 Å². The maximum Gasteiger partial charge on any atom is 0.389 e. The molecule has 0 amide bonds. The Hall–Kier alpha value is -1.23. The van der Waals surface area contributed by atoms with Gasteiger partial charge in [-0.2, -0.15) is 13.2 Å². The molecule has 16 heavy (non-hydrogen) atoms. The van der Waals surface area contributed by atoms with Gasteiger partial charge in [-0.3, -0.25) is 4.79 Å². The Morgan fingerprint density at radius 3 is 2.56 bits per heavy atom. The zero-order chi connectivity index (χ0) is 12.3. The first-order valence-corrected chi connectivity index (χ1v) is 4.82. The number of halogens is 4. The van der Waals surface area contributed by atoms with E-state index >= 15 is 0 Å². The maximum atomic E-state index is 11.9. The Balaban J connectivity index is 2.77. The van der Waals surface area contributed by atoms with Crippen LogP contribution < -0.4 is 5.73 Å². The predicted octanol–water partition coefficient (Wildman–Crippen LogP) is 3.45. The largest absolute Gasteiger partial charge is 0.399 e. The van der Waals surface area contributed by atoms with Crippen LogP contribution in [0.1, 0.15) is 23.2 Å². The van der Waals surface area contributed by atoms with Crippen molar-refractivity contribution in [3.05, 3.63) is 28.8 Å². The fourth-order valence-electron chi connectivity index (χ4n) is 1.15. The van der Waals surface area contributed by atoms with Crippen LogP contribution in [0.2, 0.25) is 5.02 Å². The molecule has 2 nitrogen and oxygen atoms in total. The van der Waals surface area contributed by atoms with Gasteiger partial charge in [0.05, 0.1) is 11.4 Å². The minimum atomic E-state index is -4.34. The molecule has 0 atom stereocenters. The number of carbonyl (C=O) groups excluding carboxylic acids is 1. The SMILES string of the molecule is Nc1ccc(Cl)c(C(=O)CCC(F)(F)F)c1. The molecule has 0 fully saturated rings. The Kier molecular flexibility index (Phi) is 3.80. The monoisotopic (exact) mass is 251 g/mol. The summed E-state index contributed by atoms with van der Waals surface area (Å²) >= 11 is 5.68. The number of hydrogen-bond donors (Lipinski definition) is 1. The van der Waals surface area contributed by atoms with Crippen molar-refractivity contribution < 1.29 is 18.0 Å². The second-order valence-corrected chi connectivity index (χ2v) is 3.68. The number of rotatable bonds is 3. The van der Waals surface area contributed by atoms with E-state index in [0.29, 0.717) is 5.69 Å². The molecular formula is C10H9ClF3NO. The summed E-state index contributed by atoms with van der Waals surface area (Å²) in [7, 11) is 0. The van der Waals surface area contributed by atoms with Gasteiger partial charge in [0, 0.05) is 17.7 Å². The van der Waals surface area contributed by atoms with Gasteiger partial charge in [-0.25, -0.2) is 0 Å². The number of ketones is 1. The lowest BCUT2D eigenvalue weighted by Crippen LogP contribution is -2.11. The van der Waals surface area contributed by atoms with Crippen LogP contribution in [-0.2, 0) is 0 Å². The molecule has 1 aromatic rings. The lowest BCUT2D eigenvalue weighted by molar-refractivity contribution is -0.133. The van der Waals surface area contributed by atoms with Gasteiger partial charge < -0.3 is 5.73 Å². The molecule has 0 radical (unpaired) electrons. The molecule has 0 aliphatic carbocycles. The van der Waals surface area contributed by atoms with Gasteiger partial charge >= 0.3 is 6.18 Å². The fourth-order valence-corrected chi connectivity index (χ4v) is 1.37. The third kappa shape index (κ3) is 3.73. The summed E-state index contributed by atoms with van der Waals surface area (Å²) in [6, 6.07) is 4.14. The third-order valence-electron chi connectivity index (χ3n) is 1.93. The highest BCUT2D eigenvalue weighted by molar-refractivity contribution is 6.34. The van der Waals surface area contributed by atoms with Crippen LogP contribution in [0.5, 0.6) is 0 Å². The van der Waals surface area contributed by atoms with Crippen molar-refractivity contribution in [2.75, 3.05) is 5.73 Å². The minimum Gasteiger partial charge on any atom is -0.399 e. The van der Waals surface area contributed by atoms with Crippen LogP contribution >= 0.6 is 11.6 Å². The first kappa shape index (κ1) is 12.8. The predicted molar refractivity (Wildman–Crippen MR) is 55.5 cm³/mol. The second-order valence-electron chi connectivity index (χ2n) is 3.28. The van der Waals surface area contributed by atoms with Gasteiger partial charge in [0.25, 0.3) is 0 Å². The zero-order valence-electron chi connectivity index (χ0n) is 8.14. The first-order chi connectivity index (χ1) is 7.29. The van der Waals surface area contributed by atoms with Gasteiger partial charge in [-0.15, -0.1) is 0 Å². The molecule has 6 heteroatoms. The van der Waals surface area contributed by atoms with E-state index in [4.69, 9.17) is 17.3 Å². The van der Waals surface area contributed by atoms with E-state index in [1.165, 1.54) is 18.2 Å². The molecule has 0 aliphatic heterocycles.